The average Bonchev–Trinajstić information content (AvgIpc) is 2.16. The van der Waals surface area contributed by atoms with Crippen LogP contribution in [0.2, 0.25) is 0 Å². The molecule has 82 valence electrons. The Balaban J connectivity index is 1.96. The summed E-state index contributed by atoms with van der Waals surface area (Å²) in [4.78, 5) is 6.16. The number of rotatable bonds is 3. The summed E-state index contributed by atoms with van der Waals surface area (Å²) in [6, 6.07) is 3.86. The lowest BCUT2D eigenvalue weighted by Gasteiger charge is -2.35. The van der Waals surface area contributed by atoms with Gasteiger partial charge in [-0.1, -0.05) is 0 Å². The molecule has 0 amide bonds. The number of aliphatic hydroxyl groups excluding tert-OH is 1. The first-order valence-corrected chi connectivity index (χ1v) is 5.26. The highest BCUT2D eigenvalue weighted by Crippen LogP contribution is 2.29. The Morgan fingerprint density at radius 3 is 2.93 bits per heavy atom. The molecule has 0 aromatic carbocycles. The monoisotopic (exact) mass is 207 g/mol. The molecule has 1 aliphatic rings. The topological polar surface area (TPSA) is 62.4 Å². The van der Waals surface area contributed by atoms with E-state index in [0.717, 1.165) is 25.1 Å². The number of nitrogens with two attached hydrogens (primary N) is 1. The van der Waals surface area contributed by atoms with Crippen LogP contribution < -0.4 is 10.6 Å². The van der Waals surface area contributed by atoms with Gasteiger partial charge in [0, 0.05) is 19.8 Å². The molecule has 1 aromatic heterocycles. The van der Waals surface area contributed by atoms with Gasteiger partial charge in [-0.15, -0.1) is 0 Å². The molecular formula is C11H17N3O. The van der Waals surface area contributed by atoms with Crippen molar-refractivity contribution in [3.63, 3.8) is 0 Å². The molecule has 0 aliphatic heterocycles. The van der Waals surface area contributed by atoms with E-state index in [4.69, 9.17) is 5.73 Å². The second-order valence-corrected chi connectivity index (χ2v) is 4.28. The molecule has 4 heteroatoms. The molecule has 0 saturated heterocycles. The second kappa shape index (κ2) is 4.06. The Morgan fingerprint density at radius 2 is 2.33 bits per heavy atom. The van der Waals surface area contributed by atoms with Gasteiger partial charge in [-0.25, -0.2) is 4.98 Å². The van der Waals surface area contributed by atoms with Crippen molar-refractivity contribution in [2.24, 2.45) is 5.92 Å². The third-order valence-electron chi connectivity index (χ3n) is 2.97. The molecule has 0 radical (unpaired) electrons. The Morgan fingerprint density at radius 1 is 1.60 bits per heavy atom. The van der Waals surface area contributed by atoms with Crippen LogP contribution in [-0.2, 0) is 0 Å². The maximum Gasteiger partial charge on any atom is 0.146 e. The number of anilines is 2. The van der Waals surface area contributed by atoms with Gasteiger partial charge in [0.15, 0.2) is 0 Å². The van der Waals surface area contributed by atoms with Crippen LogP contribution in [0.3, 0.4) is 0 Å². The Bertz CT molecular complexity index is 336. The van der Waals surface area contributed by atoms with Gasteiger partial charge < -0.3 is 15.7 Å². The molecule has 0 atom stereocenters. The van der Waals surface area contributed by atoms with E-state index in [9.17, 15) is 5.11 Å². The van der Waals surface area contributed by atoms with Crippen LogP contribution >= 0.6 is 0 Å². The molecule has 4 nitrogen and oxygen atoms in total. The molecule has 0 unspecified atom stereocenters. The minimum Gasteiger partial charge on any atom is -0.393 e. The Labute approximate surface area is 89.7 Å². The SMILES string of the molecule is CN(CC1CC(O)C1)c1cccnc1N. The molecular weight excluding hydrogens is 190 g/mol. The molecule has 1 fully saturated rings. The lowest BCUT2D eigenvalue weighted by Crippen LogP contribution is -2.37. The Hall–Kier alpha value is -1.29. The van der Waals surface area contributed by atoms with Gasteiger partial charge in [-0.05, 0) is 30.9 Å². The molecule has 3 N–H and O–H groups in total. The number of pyridine rings is 1. The summed E-state index contributed by atoms with van der Waals surface area (Å²) in [7, 11) is 2.01. The fourth-order valence-electron chi connectivity index (χ4n) is 2.07. The van der Waals surface area contributed by atoms with Gasteiger partial charge in [0.05, 0.1) is 11.8 Å². The third kappa shape index (κ3) is 2.21. The van der Waals surface area contributed by atoms with Crippen molar-refractivity contribution in [2.75, 3.05) is 24.2 Å². The predicted molar refractivity (Wildman–Crippen MR) is 60.7 cm³/mol. The summed E-state index contributed by atoms with van der Waals surface area (Å²) in [6.45, 7) is 0.937. The normalized spacial score (nSPS) is 24.7. The predicted octanol–water partition coefficient (Wildman–Crippen LogP) is 0.871. The number of hydrogen-bond acceptors (Lipinski definition) is 4. The maximum atomic E-state index is 9.20. The molecule has 15 heavy (non-hydrogen) atoms. The highest BCUT2D eigenvalue weighted by molar-refractivity contribution is 5.62. The fraction of sp³-hybridized carbons (Fsp3) is 0.545. The van der Waals surface area contributed by atoms with E-state index >= 15 is 0 Å². The summed E-state index contributed by atoms with van der Waals surface area (Å²) in [5.74, 6) is 1.16. The van der Waals surface area contributed by atoms with E-state index in [1.165, 1.54) is 0 Å². The first-order valence-electron chi connectivity index (χ1n) is 5.26. The van der Waals surface area contributed by atoms with Crippen LogP contribution in [0.15, 0.2) is 18.3 Å². The summed E-state index contributed by atoms with van der Waals surface area (Å²) in [5, 5.41) is 9.20. The molecule has 1 aromatic rings. The van der Waals surface area contributed by atoms with Crippen LogP contribution in [0.1, 0.15) is 12.8 Å². The average molecular weight is 207 g/mol. The summed E-state index contributed by atoms with van der Waals surface area (Å²) < 4.78 is 0. The number of hydrogen-bond donors (Lipinski definition) is 2. The standard InChI is InChI=1S/C11H17N3O/c1-14(7-8-5-9(15)6-8)10-3-2-4-13-11(10)12/h2-4,8-9,15H,5-7H2,1H3,(H2,12,13). The van der Waals surface area contributed by atoms with Crippen LogP contribution in [0.4, 0.5) is 11.5 Å². The van der Waals surface area contributed by atoms with Crippen LogP contribution in [0.25, 0.3) is 0 Å². The van der Waals surface area contributed by atoms with E-state index in [-0.39, 0.29) is 6.10 Å². The lowest BCUT2D eigenvalue weighted by molar-refractivity contribution is 0.0465. The van der Waals surface area contributed by atoms with E-state index < -0.39 is 0 Å². The molecule has 2 rings (SSSR count). The third-order valence-corrected chi connectivity index (χ3v) is 2.97. The van der Waals surface area contributed by atoms with E-state index in [1.807, 2.05) is 19.2 Å². The zero-order valence-electron chi connectivity index (χ0n) is 8.93. The molecule has 1 saturated carbocycles. The zero-order valence-corrected chi connectivity index (χ0v) is 8.93. The largest absolute Gasteiger partial charge is 0.393 e. The number of nitrogens with zero attached hydrogens (tertiary/aromatic N) is 2. The van der Waals surface area contributed by atoms with Crippen LogP contribution in [0, 0.1) is 5.92 Å². The van der Waals surface area contributed by atoms with Gasteiger partial charge in [0.25, 0.3) is 0 Å². The zero-order chi connectivity index (χ0) is 10.8. The first-order chi connectivity index (χ1) is 7.16. The smallest absolute Gasteiger partial charge is 0.146 e. The maximum absolute atomic E-state index is 9.20. The van der Waals surface area contributed by atoms with Gasteiger partial charge in [0.2, 0.25) is 0 Å². The highest BCUT2D eigenvalue weighted by Gasteiger charge is 2.28. The van der Waals surface area contributed by atoms with Crippen molar-refractivity contribution < 1.29 is 5.11 Å². The van der Waals surface area contributed by atoms with Crippen molar-refractivity contribution >= 4 is 11.5 Å². The molecule has 0 spiro atoms. The van der Waals surface area contributed by atoms with Crippen LogP contribution in [-0.4, -0.2) is 29.8 Å². The highest BCUT2D eigenvalue weighted by atomic mass is 16.3. The van der Waals surface area contributed by atoms with Gasteiger partial charge >= 0.3 is 0 Å². The van der Waals surface area contributed by atoms with Gasteiger partial charge in [0.1, 0.15) is 5.82 Å². The minimum atomic E-state index is -0.0883. The van der Waals surface area contributed by atoms with Gasteiger partial charge in [-0.3, -0.25) is 0 Å². The summed E-state index contributed by atoms with van der Waals surface area (Å²) in [5.41, 5.74) is 6.75. The summed E-state index contributed by atoms with van der Waals surface area (Å²) >= 11 is 0. The number of aliphatic hydroxyl groups is 1. The van der Waals surface area contributed by atoms with Gasteiger partial charge in [-0.2, -0.15) is 0 Å². The quantitative estimate of drug-likeness (QED) is 0.772. The number of nitrogen functional groups attached to an aromatic ring is 1. The van der Waals surface area contributed by atoms with Crippen LogP contribution in [0.5, 0.6) is 0 Å². The van der Waals surface area contributed by atoms with Crippen molar-refractivity contribution in [2.45, 2.75) is 18.9 Å². The first kappa shape index (κ1) is 10.2. The number of aromatic nitrogens is 1. The second-order valence-electron chi connectivity index (χ2n) is 4.28. The van der Waals surface area contributed by atoms with Crippen molar-refractivity contribution in [3.05, 3.63) is 18.3 Å². The Kier molecular flexibility index (Phi) is 2.77. The molecule has 1 heterocycles. The van der Waals surface area contributed by atoms with Crippen molar-refractivity contribution in [1.29, 1.82) is 0 Å². The summed E-state index contributed by atoms with van der Waals surface area (Å²) in [6.07, 6.45) is 3.42. The van der Waals surface area contributed by atoms with Crippen molar-refractivity contribution in [3.8, 4) is 0 Å². The molecule has 0 bridgehead atoms. The minimum absolute atomic E-state index is 0.0883. The molecule has 1 aliphatic carbocycles. The van der Waals surface area contributed by atoms with E-state index in [0.29, 0.717) is 11.7 Å². The van der Waals surface area contributed by atoms with E-state index in [1.54, 1.807) is 6.20 Å². The fourth-order valence-corrected chi connectivity index (χ4v) is 2.07. The van der Waals surface area contributed by atoms with E-state index in [2.05, 4.69) is 9.88 Å². The lowest BCUT2D eigenvalue weighted by atomic mass is 9.82. The van der Waals surface area contributed by atoms with Crippen molar-refractivity contribution in [1.82, 2.24) is 4.98 Å².